The van der Waals surface area contributed by atoms with Gasteiger partial charge >= 0.3 is 12.1 Å². The van der Waals surface area contributed by atoms with Crippen LogP contribution in [0, 0.1) is 26.8 Å². The summed E-state index contributed by atoms with van der Waals surface area (Å²) >= 11 is 10.6. The zero-order valence-corrected chi connectivity index (χ0v) is 42.0. The Morgan fingerprint density at radius 1 is 0.561 bits per heavy atom. The second kappa shape index (κ2) is 23.5. The zero-order valence-electron chi connectivity index (χ0n) is 29.1. The molecule has 0 bridgehead atoms. The number of hydrogen-bond acceptors (Lipinski definition) is 14. The van der Waals surface area contributed by atoms with Gasteiger partial charge in [-0.2, -0.15) is 0 Å². The van der Waals surface area contributed by atoms with E-state index in [1.807, 2.05) is 45.2 Å². The van der Waals surface area contributed by atoms with Gasteiger partial charge in [-0.25, -0.2) is 9.59 Å². The average Bonchev–Trinajstić information content (AvgIpc) is 3.17. The van der Waals surface area contributed by atoms with Crippen molar-refractivity contribution in [2.45, 2.75) is 25.0 Å². The molecule has 2 rings (SSSR count). The minimum atomic E-state index is -2.12. The molecule has 0 saturated carbocycles. The minimum Gasteiger partial charge on any atom is -0.396 e. The fraction of sp³-hybridized carbons (Fsp3) is 0.419. The van der Waals surface area contributed by atoms with Crippen LogP contribution in [0.25, 0.3) is 0 Å². The van der Waals surface area contributed by atoms with Crippen LogP contribution in [0.4, 0.5) is 21.0 Å². The van der Waals surface area contributed by atoms with Crippen LogP contribution in [-0.4, -0.2) is 151 Å². The summed E-state index contributed by atoms with van der Waals surface area (Å²) in [6, 6.07) is -2.83. The van der Waals surface area contributed by atoms with Crippen molar-refractivity contribution < 1.29 is 69.6 Å². The van der Waals surface area contributed by atoms with Gasteiger partial charge in [-0.15, -0.1) is 0 Å². The summed E-state index contributed by atoms with van der Waals surface area (Å²) in [5.74, 6) is -4.04. The zero-order chi connectivity index (χ0) is 43.7. The Kier molecular flexibility index (Phi) is 21.6. The summed E-state index contributed by atoms with van der Waals surface area (Å²) in [4.78, 5) is 80.2. The van der Waals surface area contributed by atoms with Crippen LogP contribution in [0.3, 0.4) is 0 Å². The van der Waals surface area contributed by atoms with Crippen molar-refractivity contribution in [3.05, 3.63) is 43.7 Å². The van der Waals surface area contributed by atoms with Crippen molar-refractivity contribution in [3.63, 3.8) is 0 Å². The number of benzene rings is 2. The molecule has 14 N–H and O–H groups in total. The highest BCUT2D eigenvalue weighted by Gasteiger charge is 2.42. The van der Waals surface area contributed by atoms with Gasteiger partial charge in [0.25, 0.3) is 11.8 Å². The Hall–Kier alpha value is -0.680. The van der Waals surface area contributed by atoms with Gasteiger partial charge in [0.15, 0.2) is 0 Å². The molecule has 0 radical (unpaired) electrons. The Morgan fingerprint density at radius 3 is 1.12 bits per heavy atom. The number of aliphatic hydroxyl groups excluding tert-OH is 8. The molecule has 26 heteroatoms. The molecule has 0 aliphatic carbocycles. The van der Waals surface area contributed by atoms with Gasteiger partial charge in [0.1, 0.15) is 13.2 Å². The maximum absolute atomic E-state index is 14.4. The Morgan fingerprint density at radius 2 is 0.877 bits per heavy atom. The summed E-state index contributed by atoms with van der Waals surface area (Å²) in [5.41, 5.74) is 9.26. The monoisotopic (exact) mass is 1480 g/mol. The van der Waals surface area contributed by atoms with Crippen molar-refractivity contribution in [2.75, 3.05) is 63.4 Å². The van der Waals surface area contributed by atoms with E-state index in [0.717, 1.165) is 0 Å². The van der Waals surface area contributed by atoms with E-state index < -0.39 is 106 Å². The Bertz CT molecular complexity index is 1770. The first-order chi connectivity index (χ1) is 26.6. The molecule has 0 spiro atoms. The highest BCUT2D eigenvalue weighted by molar-refractivity contribution is 14.1. The fourth-order valence-electron chi connectivity index (χ4n) is 5.08. The molecule has 0 aliphatic heterocycles. The van der Waals surface area contributed by atoms with Crippen molar-refractivity contribution in [1.82, 2.24) is 9.80 Å². The quantitative estimate of drug-likeness (QED) is 0.0852. The Balaban J connectivity index is 2.83. The van der Waals surface area contributed by atoms with E-state index in [-0.39, 0.29) is 60.8 Å². The van der Waals surface area contributed by atoms with E-state index in [2.05, 4.69) is 10.6 Å². The number of halogens is 6. The van der Waals surface area contributed by atoms with Crippen LogP contribution >= 0.6 is 136 Å². The number of nitrogens with two attached hydrogens (primary N) is 2. The van der Waals surface area contributed by atoms with E-state index in [4.69, 9.17) is 11.5 Å². The standard InChI is InChI=1S/C31H36I6N6O14/c32-19-13(1-11(50)3-44)21(34)25(40-15(52)5-46)23(36)17(19)27(54)42(29(38)56)7-31(9-48,10-49)8-43(30(39)57)28(55)18-20(33)14(2-12(51)4-45)22(35)26(24(18)37)41-16(53)6-47/h11-12,44-51H,1-10H2,(H2,38,56)(H2,39,57)(H,40,52)(H,41,53). The maximum atomic E-state index is 14.4. The maximum Gasteiger partial charge on any atom is 0.321 e. The van der Waals surface area contributed by atoms with Crippen LogP contribution in [0.5, 0.6) is 0 Å². The molecule has 57 heavy (non-hydrogen) atoms. The molecule has 20 nitrogen and oxygen atoms in total. The molecule has 2 aromatic rings. The third kappa shape index (κ3) is 12.7. The number of nitrogens with one attached hydrogen (secondary N) is 2. The number of nitrogens with zero attached hydrogens (tertiary/aromatic N) is 2. The number of carbonyl (C=O) groups is 6. The number of hydrogen-bond donors (Lipinski definition) is 12. The molecule has 2 aromatic carbocycles. The summed E-state index contributed by atoms with van der Waals surface area (Å²) in [6.45, 7) is -7.30. The number of aliphatic hydroxyl groups is 8. The number of urea groups is 2. The lowest BCUT2D eigenvalue weighted by Crippen LogP contribution is -2.57. The third-order valence-electron chi connectivity index (χ3n) is 8.04. The van der Waals surface area contributed by atoms with Crippen LogP contribution in [0.15, 0.2) is 0 Å². The van der Waals surface area contributed by atoms with Crippen molar-refractivity contribution >= 4 is 183 Å². The van der Waals surface area contributed by atoms with Crippen molar-refractivity contribution in [2.24, 2.45) is 16.9 Å². The molecule has 0 aliphatic rings. The average molecular weight is 1480 g/mol. The van der Waals surface area contributed by atoms with E-state index in [1.54, 1.807) is 90.4 Å². The van der Waals surface area contributed by atoms with Crippen LogP contribution in [0.1, 0.15) is 31.8 Å². The molecule has 316 valence electrons. The van der Waals surface area contributed by atoms with Gasteiger partial charge < -0.3 is 63.0 Å². The summed E-state index contributed by atoms with van der Waals surface area (Å²) in [7, 11) is 0. The normalized spacial score (nSPS) is 12.5. The predicted octanol–water partition coefficient (Wildman–Crippen LogP) is -0.320. The molecule has 0 heterocycles. The van der Waals surface area contributed by atoms with Gasteiger partial charge in [-0.1, -0.05) is 0 Å². The number of rotatable bonds is 18. The number of carbonyl (C=O) groups excluding carboxylic acids is 6. The first-order valence-corrected chi connectivity index (χ1v) is 22.3. The second-order valence-corrected chi connectivity index (χ2v) is 18.6. The van der Waals surface area contributed by atoms with Gasteiger partial charge in [-0.3, -0.25) is 29.0 Å². The number of primary amides is 2. The van der Waals surface area contributed by atoms with E-state index in [1.165, 1.54) is 0 Å². The van der Waals surface area contributed by atoms with Crippen molar-refractivity contribution in [1.29, 1.82) is 0 Å². The first kappa shape index (κ1) is 52.5. The predicted molar refractivity (Wildman–Crippen MR) is 252 cm³/mol. The van der Waals surface area contributed by atoms with E-state index in [0.29, 0.717) is 16.9 Å². The molecular weight excluding hydrogens is 1440 g/mol. The van der Waals surface area contributed by atoms with Crippen LogP contribution in [0.2, 0.25) is 0 Å². The lowest BCUT2D eigenvalue weighted by atomic mass is 9.87. The summed E-state index contributed by atoms with van der Waals surface area (Å²) < 4.78 is 1.03. The lowest BCUT2D eigenvalue weighted by Gasteiger charge is -2.37. The molecule has 8 amide bonds. The molecule has 0 saturated heterocycles. The van der Waals surface area contributed by atoms with Gasteiger partial charge in [0, 0.05) is 40.2 Å². The molecular formula is C31H36I6N6O14. The number of amides is 8. The lowest BCUT2D eigenvalue weighted by molar-refractivity contribution is -0.119. The topological polar surface area (TPSA) is 347 Å². The van der Waals surface area contributed by atoms with Gasteiger partial charge in [-0.05, 0) is 147 Å². The van der Waals surface area contributed by atoms with Gasteiger partial charge in [0.05, 0.1) is 73.7 Å². The third-order valence-corrected chi connectivity index (χ3v) is 15.0. The molecule has 2 unspecified atom stereocenters. The number of imide groups is 2. The molecule has 2 atom stereocenters. The van der Waals surface area contributed by atoms with Gasteiger partial charge in [0.2, 0.25) is 11.8 Å². The SMILES string of the molecule is NC(=O)N(CC(CO)(CO)CN(C(N)=O)C(=O)c1c(I)c(CC(O)CO)c(I)c(NC(=O)CO)c1I)C(=O)c1c(I)c(CC(O)CO)c(I)c(NC(=O)CO)c1I. The molecule has 0 fully saturated rings. The minimum absolute atomic E-state index is 0.00630. The first-order valence-electron chi connectivity index (χ1n) is 15.8. The largest absolute Gasteiger partial charge is 0.396 e. The van der Waals surface area contributed by atoms with Crippen LogP contribution in [-0.2, 0) is 22.4 Å². The second-order valence-electron chi connectivity index (χ2n) is 12.1. The summed E-state index contributed by atoms with van der Waals surface area (Å²) in [5, 5.41) is 84.8. The van der Waals surface area contributed by atoms with Crippen molar-refractivity contribution in [3.8, 4) is 0 Å². The Labute approximate surface area is 406 Å². The van der Waals surface area contributed by atoms with E-state index >= 15 is 0 Å². The smallest absolute Gasteiger partial charge is 0.321 e. The highest BCUT2D eigenvalue weighted by atomic mass is 127. The fourth-order valence-corrected chi connectivity index (χ4v) is 13.8. The van der Waals surface area contributed by atoms with Crippen LogP contribution < -0.4 is 22.1 Å². The number of anilines is 2. The summed E-state index contributed by atoms with van der Waals surface area (Å²) in [6.07, 6.45) is -3.13. The highest BCUT2D eigenvalue weighted by Crippen LogP contribution is 2.39. The molecule has 0 aromatic heterocycles. The van der Waals surface area contributed by atoms with E-state index in [9.17, 15) is 69.6 Å².